The van der Waals surface area contributed by atoms with E-state index in [0.29, 0.717) is 5.69 Å². The first-order chi connectivity index (χ1) is 6.38. The number of nitrogens with zero attached hydrogens (tertiary/aromatic N) is 1. The van der Waals surface area contributed by atoms with E-state index in [9.17, 15) is 13.5 Å². The molecule has 80 valence electrons. The number of aliphatic hydroxyl groups is 1. The molecule has 1 rings (SSSR count). The first-order valence-electron chi connectivity index (χ1n) is 4.16. The Balaban J connectivity index is 2.55. The monoisotopic (exact) mass is 235 g/mol. The van der Waals surface area contributed by atoms with Crippen LogP contribution in [0.5, 0.6) is 0 Å². The van der Waals surface area contributed by atoms with Crippen LogP contribution >= 0.6 is 11.3 Å². The third-order valence-corrected chi connectivity index (χ3v) is 3.51. The normalized spacial score (nSPS) is 14.2. The fourth-order valence-corrected chi connectivity index (χ4v) is 2.32. The van der Waals surface area contributed by atoms with Crippen LogP contribution in [-0.2, 0) is 9.84 Å². The first kappa shape index (κ1) is 11.6. The summed E-state index contributed by atoms with van der Waals surface area (Å²) in [7, 11) is -3.00. The summed E-state index contributed by atoms with van der Waals surface area (Å²) >= 11 is 1.45. The molecule has 6 heteroatoms. The molecule has 0 radical (unpaired) electrons. The van der Waals surface area contributed by atoms with Gasteiger partial charge in [-0.3, -0.25) is 0 Å². The van der Waals surface area contributed by atoms with E-state index in [-0.39, 0.29) is 12.2 Å². The molecule has 0 amide bonds. The van der Waals surface area contributed by atoms with E-state index in [4.69, 9.17) is 0 Å². The summed E-state index contributed by atoms with van der Waals surface area (Å²) in [4.78, 5) is 4.08. The molecular weight excluding hydrogens is 222 g/mol. The van der Waals surface area contributed by atoms with Crippen molar-refractivity contribution < 1.29 is 13.5 Å². The van der Waals surface area contributed by atoms with Crippen molar-refractivity contribution in [1.29, 1.82) is 0 Å². The molecular formula is C8H13NO3S2. The summed E-state index contributed by atoms with van der Waals surface area (Å²) in [6, 6.07) is 0. The zero-order valence-corrected chi connectivity index (χ0v) is 9.73. The number of sulfone groups is 1. The van der Waals surface area contributed by atoms with Crippen LogP contribution in [0, 0.1) is 6.92 Å². The SMILES string of the molecule is Cc1nc(C(O)CCS(C)(=O)=O)cs1. The topological polar surface area (TPSA) is 67.3 Å². The minimum atomic E-state index is -3.00. The molecule has 0 aliphatic carbocycles. The molecule has 0 saturated carbocycles. The number of thiazole rings is 1. The number of rotatable bonds is 4. The van der Waals surface area contributed by atoms with E-state index in [1.807, 2.05) is 6.92 Å². The van der Waals surface area contributed by atoms with E-state index < -0.39 is 15.9 Å². The summed E-state index contributed by atoms with van der Waals surface area (Å²) < 4.78 is 21.7. The highest BCUT2D eigenvalue weighted by Gasteiger charge is 2.13. The van der Waals surface area contributed by atoms with Crippen molar-refractivity contribution in [1.82, 2.24) is 4.98 Å². The molecule has 0 aliphatic heterocycles. The van der Waals surface area contributed by atoms with Crippen LogP contribution in [0.2, 0.25) is 0 Å². The van der Waals surface area contributed by atoms with E-state index in [1.165, 1.54) is 11.3 Å². The van der Waals surface area contributed by atoms with E-state index in [0.717, 1.165) is 11.3 Å². The maximum atomic E-state index is 10.8. The van der Waals surface area contributed by atoms with Crippen molar-refractivity contribution in [3.05, 3.63) is 16.1 Å². The lowest BCUT2D eigenvalue weighted by Gasteiger charge is -2.05. The van der Waals surface area contributed by atoms with Crippen LogP contribution in [0.1, 0.15) is 23.2 Å². The fraction of sp³-hybridized carbons (Fsp3) is 0.625. The molecule has 0 aliphatic rings. The summed E-state index contributed by atoms with van der Waals surface area (Å²) in [6.07, 6.45) is 0.600. The van der Waals surface area contributed by atoms with Gasteiger partial charge in [-0.05, 0) is 13.3 Å². The van der Waals surface area contributed by atoms with Gasteiger partial charge in [0.05, 0.1) is 22.6 Å². The highest BCUT2D eigenvalue weighted by Crippen LogP contribution is 2.19. The molecule has 0 aromatic carbocycles. The van der Waals surface area contributed by atoms with E-state index >= 15 is 0 Å². The fourth-order valence-electron chi connectivity index (χ4n) is 1.01. The van der Waals surface area contributed by atoms with Crippen LogP contribution in [0.25, 0.3) is 0 Å². The van der Waals surface area contributed by atoms with Gasteiger partial charge in [-0.15, -0.1) is 11.3 Å². The molecule has 4 nitrogen and oxygen atoms in total. The summed E-state index contributed by atoms with van der Waals surface area (Å²) in [5, 5.41) is 12.2. The van der Waals surface area contributed by atoms with Crippen molar-refractivity contribution in [3.8, 4) is 0 Å². The van der Waals surface area contributed by atoms with Crippen LogP contribution in [0.4, 0.5) is 0 Å². The summed E-state index contributed by atoms with van der Waals surface area (Å²) in [5.41, 5.74) is 0.566. The quantitative estimate of drug-likeness (QED) is 0.842. The second kappa shape index (κ2) is 4.37. The summed E-state index contributed by atoms with van der Waals surface area (Å²) in [5.74, 6) is -0.00919. The van der Waals surface area contributed by atoms with Crippen molar-refractivity contribution in [2.45, 2.75) is 19.4 Å². The molecule has 1 aromatic rings. The second-order valence-electron chi connectivity index (χ2n) is 3.23. The Hall–Kier alpha value is -0.460. The second-order valence-corrected chi connectivity index (χ2v) is 6.55. The van der Waals surface area contributed by atoms with Gasteiger partial charge in [-0.25, -0.2) is 13.4 Å². The molecule has 1 heterocycles. The number of hydrogen-bond acceptors (Lipinski definition) is 5. The minimum absolute atomic E-state index is 0.00919. The molecule has 0 saturated heterocycles. The van der Waals surface area contributed by atoms with Gasteiger partial charge < -0.3 is 5.11 Å². The van der Waals surface area contributed by atoms with Gasteiger partial charge >= 0.3 is 0 Å². The van der Waals surface area contributed by atoms with Crippen molar-refractivity contribution in [2.75, 3.05) is 12.0 Å². The smallest absolute Gasteiger partial charge is 0.147 e. The molecule has 0 fully saturated rings. The van der Waals surface area contributed by atoms with Gasteiger partial charge in [0.15, 0.2) is 0 Å². The highest BCUT2D eigenvalue weighted by atomic mass is 32.2. The van der Waals surface area contributed by atoms with Crippen LogP contribution in [0.3, 0.4) is 0 Å². The average Bonchev–Trinajstić information content (AvgIpc) is 2.46. The van der Waals surface area contributed by atoms with Crippen molar-refractivity contribution in [2.24, 2.45) is 0 Å². The molecule has 0 bridgehead atoms. The zero-order valence-electron chi connectivity index (χ0n) is 8.10. The summed E-state index contributed by atoms with van der Waals surface area (Å²) in [6.45, 7) is 1.84. The zero-order chi connectivity index (χ0) is 10.8. The molecule has 1 atom stereocenters. The molecule has 1 unspecified atom stereocenters. The lowest BCUT2D eigenvalue weighted by Crippen LogP contribution is -2.08. The standard InChI is InChI=1S/C8H13NO3S2/c1-6-9-7(5-13-6)8(10)3-4-14(2,11)12/h5,8,10H,3-4H2,1-2H3. The maximum Gasteiger partial charge on any atom is 0.147 e. The van der Waals surface area contributed by atoms with Crippen LogP contribution in [0.15, 0.2) is 5.38 Å². The van der Waals surface area contributed by atoms with Crippen molar-refractivity contribution >= 4 is 21.2 Å². The van der Waals surface area contributed by atoms with Gasteiger partial charge in [-0.1, -0.05) is 0 Å². The number of aryl methyl sites for hydroxylation is 1. The van der Waals surface area contributed by atoms with Crippen LogP contribution < -0.4 is 0 Å². The third kappa shape index (κ3) is 3.73. The molecule has 0 spiro atoms. The highest BCUT2D eigenvalue weighted by molar-refractivity contribution is 7.90. The molecule has 1 N–H and O–H groups in total. The number of hydrogen-bond donors (Lipinski definition) is 1. The lowest BCUT2D eigenvalue weighted by molar-refractivity contribution is 0.170. The maximum absolute atomic E-state index is 10.8. The predicted molar refractivity (Wildman–Crippen MR) is 56.1 cm³/mol. The Kier molecular flexibility index (Phi) is 3.63. The Morgan fingerprint density at radius 1 is 1.64 bits per heavy atom. The van der Waals surface area contributed by atoms with E-state index in [2.05, 4.69) is 4.98 Å². The molecule has 1 aromatic heterocycles. The average molecular weight is 235 g/mol. The first-order valence-corrected chi connectivity index (χ1v) is 7.10. The number of aromatic nitrogens is 1. The van der Waals surface area contributed by atoms with Gasteiger partial charge in [-0.2, -0.15) is 0 Å². The Bertz CT molecular complexity index is 396. The Labute approximate surface area is 87.5 Å². The van der Waals surface area contributed by atoms with Gasteiger partial charge in [0.25, 0.3) is 0 Å². The molecule has 14 heavy (non-hydrogen) atoms. The van der Waals surface area contributed by atoms with Crippen LogP contribution in [-0.4, -0.2) is 30.5 Å². The van der Waals surface area contributed by atoms with Gasteiger partial charge in [0, 0.05) is 11.6 Å². The van der Waals surface area contributed by atoms with Gasteiger partial charge in [0.1, 0.15) is 9.84 Å². The predicted octanol–water partition coefficient (Wildman–Crippen LogP) is 0.920. The van der Waals surface area contributed by atoms with Gasteiger partial charge in [0.2, 0.25) is 0 Å². The minimum Gasteiger partial charge on any atom is -0.387 e. The number of aliphatic hydroxyl groups excluding tert-OH is 1. The Morgan fingerprint density at radius 2 is 2.29 bits per heavy atom. The van der Waals surface area contributed by atoms with E-state index in [1.54, 1.807) is 5.38 Å². The van der Waals surface area contributed by atoms with Crippen molar-refractivity contribution in [3.63, 3.8) is 0 Å². The Morgan fingerprint density at radius 3 is 2.71 bits per heavy atom. The lowest BCUT2D eigenvalue weighted by atomic mass is 10.2. The largest absolute Gasteiger partial charge is 0.387 e. The third-order valence-electron chi connectivity index (χ3n) is 1.74.